The predicted octanol–water partition coefficient (Wildman–Crippen LogP) is 4.94. The highest BCUT2D eigenvalue weighted by Crippen LogP contribution is 2.67. The molecule has 0 aromatic rings. The minimum Gasteiger partial charge on any atom is -0.462 e. The van der Waals surface area contributed by atoms with Gasteiger partial charge in [-0.15, -0.1) is 6.58 Å². The first-order valence-electron chi connectivity index (χ1n) is 10.6. The molecule has 144 valence electrons. The molecule has 26 heavy (non-hydrogen) atoms. The third-order valence-electron chi connectivity index (χ3n) is 9.15. The molecule has 8 atom stereocenters. The maximum absolute atomic E-state index is 12.1. The zero-order valence-electron chi connectivity index (χ0n) is 16.6. The van der Waals surface area contributed by atoms with Crippen molar-refractivity contribution in [2.45, 2.75) is 78.2 Å². The van der Waals surface area contributed by atoms with Gasteiger partial charge in [-0.1, -0.05) is 19.9 Å². The summed E-state index contributed by atoms with van der Waals surface area (Å²) in [5, 5.41) is 0. The van der Waals surface area contributed by atoms with E-state index in [2.05, 4.69) is 26.5 Å². The zero-order valence-corrected chi connectivity index (χ0v) is 16.6. The van der Waals surface area contributed by atoms with Gasteiger partial charge in [-0.25, -0.2) is 0 Å². The predicted molar refractivity (Wildman–Crippen MR) is 101 cm³/mol. The summed E-state index contributed by atoms with van der Waals surface area (Å²) >= 11 is 0. The molecule has 0 N–H and O–H groups in total. The molecule has 4 aliphatic carbocycles. The van der Waals surface area contributed by atoms with Gasteiger partial charge in [0.05, 0.1) is 0 Å². The van der Waals surface area contributed by atoms with Crippen molar-refractivity contribution in [2.24, 2.45) is 40.4 Å². The first-order chi connectivity index (χ1) is 12.3. The van der Waals surface area contributed by atoms with E-state index in [1.807, 2.05) is 0 Å². The van der Waals surface area contributed by atoms with Crippen molar-refractivity contribution < 1.29 is 14.3 Å². The van der Waals surface area contributed by atoms with Crippen LogP contribution in [0.5, 0.6) is 0 Å². The fourth-order valence-corrected chi connectivity index (χ4v) is 7.75. The van der Waals surface area contributed by atoms with Gasteiger partial charge in [0.1, 0.15) is 11.9 Å². The van der Waals surface area contributed by atoms with Gasteiger partial charge in [0.2, 0.25) is 0 Å². The Hall–Kier alpha value is -1.12. The number of carbonyl (C=O) groups is 2. The Morgan fingerprint density at radius 2 is 1.88 bits per heavy atom. The van der Waals surface area contributed by atoms with Gasteiger partial charge in [0.15, 0.2) is 0 Å². The Balaban J connectivity index is 1.72. The maximum atomic E-state index is 12.1. The molecule has 0 aliphatic heterocycles. The number of esters is 1. The van der Waals surface area contributed by atoms with Gasteiger partial charge in [-0.2, -0.15) is 0 Å². The van der Waals surface area contributed by atoms with Crippen LogP contribution in [-0.2, 0) is 14.3 Å². The van der Waals surface area contributed by atoms with E-state index in [0.717, 1.165) is 19.3 Å². The molecule has 0 aromatic heterocycles. The molecule has 0 heterocycles. The average Bonchev–Trinajstić information content (AvgIpc) is 2.92. The fraction of sp³-hybridized carbons (Fsp3) is 0.826. The number of carbonyl (C=O) groups excluding carboxylic acids is 2. The molecule has 0 aromatic carbocycles. The minimum absolute atomic E-state index is 0.00494. The topological polar surface area (TPSA) is 43.4 Å². The molecule has 4 rings (SSSR count). The monoisotopic (exact) mass is 358 g/mol. The van der Waals surface area contributed by atoms with Crippen LogP contribution < -0.4 is 0 Å². The highest BCUT2D eigenvalue weighted by atomic mass is 16.5. The van der Waals surface area contributed by atoms with Crippen LogP contribution in [0.2, 0.25) is 0 Å². The van der Waals surface area contributed by atoms with Crippen molar-refractivity contribution in [3.63, 3.8) is 0 Å². The number of rotatable bonds is 2. The van der Waals surface area contributed by atoms with Crippen molar-refractivity contribution in [1.29, 1.82) is 0 Å². The molecule has 0 saturated heterocycles. The van der Waals surface area contributed by atoms with Crippen LogP contribution in [0.3, 0.4) is 0 Å². The summed E-state index contributed by atoms with van der Waals surface area (Å²) in [5.41, 5.74) is 0.540. The van der Waals surface area contributed by atoms with Gasteiger partial charge in [-0.3, -0.25) is 9.59 Å². The molecule has 0 radical (unpaired) electrons. The highest BCUT2D eigenvalue weighted by Gasteiger charge is 2.63. The lowest BCUT2D eigenvalue weighted by Gasteiger charge is -2.61. The molecule has 0 spiro atoms. The first kappa shape index (κ1) is 18.3. The second-order valence-corrected chi connectivity index (χ2v) is 10.1. The quantitative estimate of drug-likeness (QED) is 0.518. The Labute approximate surface area is 157 Å². The normalized spacial score (nSPS) is 50.3. The first-order valence-corrected chi connectivity index (χ1v) is 10.6. The van der Waals surface area contributed by atoms with Crippen molar-refractivity contribution in [2.75, 3.05) is 0 Å². The summed E-state index contributed by atoms with van der Waals surface area (Å²) in [6.07, 6.45) is 10.4. The van der Waals surface area contributed by atoms with Crippen LogP contribution in [0.1, 0.15) is 72.1 Å². The largest absolute Gasteiger partial charge is 0.462 e. The van der Waals surface area contributed by atoms with Crippen LogP contribution in [0.25, 0.3) is 0 Å². The number of ether oxygens (including phenoxy) is 1. The molecule has 4 fully saturated rings. The molecule has 0 bridgehead atoms. The van der Waals surface area contributed by atoms with Gasteiger partial charge in [0.25, 0.3) is 0 Å². The Morgan fingerprint density at radius 3 is 2.58 bits per heavy atom. The molecule has 0 amide bonds. The lowest BCUT2D eigenvalue weighted by Crippen LogP contribution is -2.58. The van der Waals surface area contributed by atoms with Gasteiger partial charge in [-0.05, 0) is 73.0 Å². The van der Waals surface area contributed by atoms with Gasteiger partial charge >= 0.3 is 5.97 Å². The third kappa shape index (κ3) is 2.52. The van der Waals surface area contributed by atoms with Gasteiger partial charge < -0.3 is 4.74 Å². The zero-order chi connectivity index (χ0) is 18.7. The Morgan fingerprint density at radius 1 is 1.15 bits per heavy atom. The van der Waals surface area contributed by atoms with Crippen LogP contribution in [-0.4, -0.2) is 17.9 Å². The van der Waals surface area contributed by atoms with Crippen LogP contribution >= 0.6 is 0 Å². The van der Waals surface area contributed by atoms with Crippen LogP contribution in [0.4, 0.5) is 0 Å². The molecule has 3 nitrogen and oxygen atoms in total. The standard InChI is InChI=1S/C23H34O3/c1-5-15-6-7-18-21-19(9-11-22(15,18)3)23(4)10-8-17(25)12-16(23)13-20(21)26-14(2)24/h5,15-16,18-21H,1,6-13H2,2-4H3/t15-,16+,18-,19-,20-,21-,22+,23-/m0/s1. The SMILES string of the molecule is C=C[C@H]1CC[C@H]2[C@@H]3[C@@H](OC(C)=O)C[C@H]4CC(=O)CC[C@]4(C)[C@H]3CC[C@]12C. The summed E-state index contributed by atoms with van der Waals surface area (Å²) in [6.45, 7) is 10.5. The van der Waals surface area contributed by atoms with E-state index in [9.17, 15) is 9.59 Å². The number of hydrogen-bond donors (Lipinski definition) is 0. The van der Waals surface area contributed by atoms with E-state index in [-0.39, 0.29) is 17.5 Å². The highest BCUT2D eigenvalue weighted by molar-refractivity contribution is 5.79. The van der Waals surface area contributed by atoms with E-state index < -0.39 is 0 Å². The average molecular weight is 359 g/mol. The molecular formula is C23H34O3. The van der Waals surface area contributed by atoms with Crippen molar-refractivity contribution in [3.8, 4) is 0 Å². The van der Waals surface area contributed by atoms with E-state index in [1.54, 1.807) is 0 Å². The minimum atomic E-state index is -0.162. The molecule has 4 aliphatic rings. The summed E-state index contributed by atoms with van der Waals surface area (Å²) in [4.78, 5) is 24.0. The van der Waals surface area contributed by atoms with E-state index in [0.29, 0.717) is 47.2 Å². The van der Waals surface area contributed by atoms with Gasteiger partial charge in [0, 0.05) is 25.7 Å². The number of hydrogen-bond acceptors (Lipinski definition) is 3. The summed E-state index contributed by atoms with van der Waals surface area (Å²) < 4.78 is 5.94. The molecular weight excluding hydrogens is 324 g/mol. The Bertz CT molecular complexity index is 625. The summed E-state index contributed by atoms with van der Waals surface area (Å²) in [7, 11) is 0. The summed E-state index contributed by atoms with van der Waals surface area (Å²) in [5.74, 6) is 2.87. The van der Waals surface area contributed by atoms with Crippen molar-refractivity contribution in [3.05, 3.63) is 12.7 Å². The molecule has 0 unspecified atom stereocenters. The number of ketones is 1. The second-order valence-electron chi connectivity index (χ2n) is 10.1. The Kier molecular flexibility index (Phi) is 4.36. The lowest BCUT2D eigenvalue weighted by atomic mass is 9.44. The summed E-state index contributed by atoms with van der Waals surface area (Å²) in [6, 6.07) is 0. The van der Waals surface area contributed by atoms with E-state index in [1.165, 1.54) is 32.6 Å². The maximum Gasteiger partial charge on any atom is 0.302 e. The van der Waals surface area contributed by atoms with E-state index >= 15 is 0 Å². The van der Waals surface area contributed by atoms with Crippen molar-refractivity contribution in [1.82, 2.24) is 0 Å². The number of Topliss-reactive ketones (excluding diaryl/α,β-unsaturated/α-hetero) is 1. The van der Waals surface area contributed by atoms with Crippen LogP contribution in [0, 0.1) is 40.4 Å². The van der Waals surface area contributed by atoms with Crippen LogP contribution in [0.15, 0.2) is 12.7 Å². The van der Waals surface area contributed by atoms with Crippen molar-refractivity contribution >= 4 is 11.8 Å². The molecule has 3 heteroatoms. The molecule has 4 saturated carbocycles. The van der Waals surface area contributed by atoms with E-state index in [4.69, 9.17) is 4.74 Å². The number of allylic oxidation sites excluding steroid dienone is 1. The smallest absolute Gasteiger partial charge is 0.302 e. The lowest BCUT2D eigenvalue weighted by molar-refractivity contribution is -0.187. The second kappa shape index (κ2) is 6.21. The third-order valence-corrected chi connectivity index (χ3v) is 9.15. The fourth-order valence-electron chi connectivity index (χ4n) is 7.75. The number of fused-ring (bicyclic) bond motifs is 5.